The first-order valence-corrected chi connectivity index (χ1v) is 7.54. The summed E-state index contributed by atoms with van der Waals surface area (Å²) in [7, 11) is 5.13. The molecule has 0 radical (unpaired) electrons. The highest BCUT2D eigenvalue weighted by molar-refractivity contribution is 6.30. The molecule has 2 rings (SSSR count). The number of benzene rings is 1. The number of halogens is 1. The van der Waals surface area contributed by atoms with Gasteiger partial charge in [0.1, 0.15) is 5.15 Å². The van der Waals surface area contributed by atoms with Crippen LogP contribution in [0.25, 0.3) is 0 Å². The van der Waals surface area contributed by atoms with E-state index >= 15 is 0 Å². The van der Waals surface area contributed by atoms with Gasteiger partial charge in [-0.25, -0.2) is 0 Å². The Bertz CT molecular complexity index is 641. The number of rotatable bonds is 7. The van der Waals surface area contributed by atoms with Crippen molar-refractivity contribution in [2.45, 2.75) is 19.9 Å². The minimum absolute atomic E-state index is 0.691. The number of methoxy groups -OCH3 is 2. The number of aromatic nitrogens is 2. The molecule has 22 heavy (non-hydrogen) atoms. The van der Waals surface area contributed by atoms with E-state index in [1.807, 2.05) is 32.2 Å². The first kappa shape index (κ1) is 16.6. The van der Waals surface area contributed by atoms with E-state index in [0.717, 1.165) is 35.7 Å². The summed E-state index contributed by atoms with van der Waals surface area (Å²) in [6.07, 6.45) is 0.900. The third-order valence-corrected chi connectivity index (χ3v) is 4.08. The molecule has 1 aromatic carbocycles. The fourth-order valence-electron chi connectivity index (χ4n) is 2.36. The summed E-state index contributed by atoms with van der Waals surface area (Å²) in [5.41, 5.74) is 3.21. The lowest BCUT2D eigenvalue weighted by Gasteiger charge is -2.10. The molecule has 5 nitrogen and oxygen atoms in total. The van der Waals surface area contributed by atoms with E-state index in [1.165, 1.54) is 5.56 Å². The molecule has 0 fully saturated rings. The van der Waals surface area contributed by atoms with Crippen molar-refractivity contribution in [3.8, 4) is 11.5 Å². The molecule has 0 atom stereocenters. The normalized spacial score (nSPS) is 10.8. The van der Waals surface area contributed by atoms with E-state index in [0.29, 0.717) is 11.7 Å². The summed E-state index contributed by atoms with van der Waals surface area (Å²) in [6, 6.07) is 5.98. The van der Waals surface area contributed by atoms with Gasteiger partial charge in [-0.05, 0) is 37.6 Å². The highest BCUT2D eigenvalue weighted by Crippen LogP contribution is 2.27. The van der Waals surface area contributed by atoms with Gasteiger partial charge in [0, 0.05) is 19.2 Å². The van der Waals surface area contributed by atoms with Crippen LogP contribution in [0.15, 0.2) is 18.2 Å². The second-order valence-corrected chi connectivity index (χ2v) is 5.45. The van der Waals surface area contributed by atoms with Crippen LogP contribution in [0.3, 0.4) is 0 Å². The lowest BCUT2D eigenvalue weighted by molar-refractivity contribution is 0.354. The maximum absolute atomic E-state index is 6.21. The smallest absolute Gasteiger partial charge is 0.160 e. The van der Waals surface area contributed by atoms with E-state index in [-0.39, 0.29) is 0 Å². The van der Waals surface area contributed by atoms with E-state index in [9.17, 15) is 0 Å². The third-order valence-electron chi connectivity index (χ3n) is 3.61. The average molecular weight is 324 g/mol. The molecule has 1 aromatic heterocycles. The van der Waals surface area contributed by atoms with Crippen LogP contribution in [0.5, 0.6) is 11.5 Å². The van der Waals surface area contributed by atoms with Gasteiger partial charge in [-0.2, -0.15) is 5.10 Å². The van der Waals surface area contributed by atoms with Gasteiger partial charge in [-0.15, -0.1) is 0 Å². The Labute approximate surface area is 136 Å². The molecule has 0 spiro atoms. The summed E-state index contributed by atoms with van der Waals surface area (Å²) >= 11 is 6.21. The second kappa shape index (κ2) is 7.51. The fraction of sp³-hybridized carbons (Fsp3) is 0.438. The molecule has 120 valence electrons. The Hall–Kier alpha value is -1.72. The number of nitrogens with zero attached hydrogens (tertiary/aromatic N) is 2. The Morgan fingerprint density at radius 2 is 1.95 bits per heavy atom. The highest BCUT2D eigenvalue weighted by Gasteiger charge is 2.10. The van der Waals surface area contributed by atoms with Gasteiger partial charge in [0.15, 0.2) is 11.5 Å². The molecule has 0 aliphatic heterocycles. The molecule has 0 unspecified atom stereocenters. The van der Waals surface area contributed by atoms with Crippen LogP contribution in [-0.2, 0) is 20.0 Å². The molecule has 2 aromatic rings. The maximum atomic E-state index is 6.21. The Kier molecular flexibility index (Phi) is 5.69. The number of aryl methyl sites for hydroxylation is 2. The lowest BCUT2D eigenvalue weighted by Crippen LogP contribution is -2.17. The maximum Gasteiger partial charge on any atom is 0.160 e. The molecular weight excluding hydrogens is 302 g/mol. The van der Waals surface area contributed by atoms with Crippen molar-refractivity contribution in [2.24, 2.45) is 7.05 Å². The van der Waals surface area contributed by atoms with Crippen molar-refractivity contribution < 1.29 is 9.47 Å². The molecule has 1 heterocycles. The van der Waals surface area contributed by atoms with Crippen LogP contribution < -0.4 is 14.8 Å². The van der Waals surface area contributed by atoms with Crippen LogP contribution in [0, 0.1) is 6.92 Å². The quantitative estimate of drug-likeness (QED) is 0.796. The monoisotopic (exact) mass is 323 g/mol. The zero-order chi connectivity index (χ0) is 16.1. The Morgan fingerprint density at radius 1 is 1.23 bits per heavy atom. The SMILES string of the molecule is COc1ccc(CCNCc2c(C)nn(C)c2Cl)cc1OC. The van der Waals surface area contributed by atoms with Gasteiger partial charge in [0.25, 0.3) is 0 Å². The molecular formula is C16H22ClN3O2. The zero-order valence-corrected chi connectivity index (χ0v) is 14.2. The van der Waals surface area contributed by atoms with Crippen LogP contribution in [-0.4, -0.2) is 30.5 Å². The van der Waals surface area contributed by atoms with Crippen molar-refractivity contribution in [3.05, 3.63) is 40.2 Å². The first-order valence-electron chi connectivity index (χ1n) is 7.16. The molecule has 0 aliphatic carbocycles. The summed E-state index contributed by atoms with van der Waals surface area (Å²) in [4.78, 5) is 0. The molecule has 0 bridgehead atoms. The zero-order valence-electron chi connectivity index (χ0n) is 13.4. The van der Waals surface area contributed by atoms with Crippen molar-refractivity contribution in [1.82, 2.24) is 15.1 Å². The van der Waals surface area contributed by atoms with Crippen molar-refractivity contribution >= 4 is 11.6 Å². The minimum atomic E-state index is 0.691. The van der Waals surface area contributed by atoms with E-state index in [1.54, 1.807) is 18.9 Å². The molecule has 0 aliphatic rings. The van der Waals surface area contributed by atoms with Crippen LogP contribution in [0.1, 0.15) is 16.8 Å². The molecule has 1 N–H and O–H groups in total. The van der Waals surface area contributed by atoms with Crippen LogP contribution in [0.4, 0.5) is 0 Å². The predicted octanol–water partition coefficient (Wildman–Crippen LogP) is 2.73. The van der Waals surface area contributed by atoms with Gasteiger partial charge in [-0.3, -0.25) is 4.68 Å². The standard InChI is InChI=1S/C16H22ClN3O2/c1-11-13(16(17)20(2)19-11)10-18-8-7-12-5-6-14(21-3)15(9-12)22-4/h5-6,9,18H,7-8,10H2,1-4H3. The molecule has 0 saturated carbocycles. The molecule has 6 heteroatoms. The third kappa shape index (κ3) is 3.72. The van der Waals surface area contributed by atoms with Gasteiger partial charge in [-0.1, -0.05) is 17.7 Å². The first-order chi connectivity index (χ1) is 10.6. The van der Waals surface area contributed by atoms with Crippen molar-refractivity contribution in [3.63, 3.8) is 0 Å². The topological polar surface area (TPSA) is 48.3 Å². The molecule has 0 saturated heterocycles. The fourth-order valence-corrected chi connectivity index (χ4v) is 2.60. The minimum Gasteiger partial charge on any atom is -0.493 e. The van der Waals surface area contributed by atoms with Crippen LogP contribution >= 0.6 is 11.6 Å². The summed E-state index contributed by atoms with van der Waals surface area (Å²) < 4.78 is 12.2. The summed E-state index contributed by atoms with van der Waals surface area (Å²) in [5.74, 6) is 1.50. The van der Waals surface area contributed by atoms with E-state index < -0.39 is 0 Å². The average Bonchev–Trinajstić information content (AvgIpc) is 2.76. The number of nitrogens with one attached hydrogen (secondary N) is 1. The number of hydrogen-bond acceptors (Lipinski definition) is 4. The largest absolute Gasteiger partial charge is 0.493 e. The molecule has 0 amide bonds. The van der Waals surface area contributed by atoms with Gasteiger partial charge < -0.3 is 14.8 Å². The van der Waals surface area contributed by atoms with Crippen molar-refractivity contribution in [1.29, 1.82) is 0 Å². The summed E-state index contributed by atoms with van der Waals surface area (Å²) in [6.45, 7) is 3.53. The highest BCUT2D eigenvalue weighted by atomic mass is 35.5. The summed E-state index contributed by atoms with van der Waals surface area (Å²) in [5, 5.41) is 8.40. The van der Waals surface area contributed by atoms with E-state index in [2.05, 4.69) is 10.4 Å². The number of ether oxygens (including phenoxy) is 2. The lowest BCUT2D eigenvalue weighted by atomic mass is 10.1. The predicted molar refractivity (Wildman–Crippen MR) is 87.9 cm³/mol. The number of hydrogen-bond donors (Lipinski definition) is 1. The van der Waals surface area contributed by atoms with E-state index in [4.69, 9.17) is 21.1 Å². The van der Waals surface area contributed by atoms with Gasteiger partial charge in [0.05, 0.1) is 19.9 Å². The van der Waals surface area contributed by atoms with Gasteiger partial charge in [0.2, 0.25) is 0 Å². The van der Waals surface area contributed by atoms with Crippen LogP contribution in [0.2, 0.25) is 5.15 Å². The second-order valence-electron chi connectivity index (χ2n) is 5.09. The van der Waals surface area contributed by atoms with Gasteiger partial charge >= 0.3 is 0 Å². The Balaban J connectivity index is 1.89. The Morgan fingerprint density at radius 3 is 2.55 bits per heavy atom. The van der Waals surface area contributed by atoms with Crippen molar-refractivity contribution in [2.75, 3.05) is 20.8 Å².